The van der Waals surface area contributed by atoms with Gasteiger partial charge in [-0.2, -0.15) is 0 Å². The van der Waals surface area contributed by atoms with Gasteiger partial charge in [-0.15, -0.1) is 0 Å². The van der Waals surface area contributed by atoms with Gasteiger partial charge < -0.3 is 9.80 Å². The van der Waals surface area contributed by atoms with Crippen molar-refractivity contribution in [1.82, 2.24) is 4.90 Å². The molecule has 2 rings (SSSR count). The van der Waals surface area contributed by atoms with Crippen LogP contribution in [0.1, 0.15) is 15.9 Å². The highest BCUT2D eigenvalue weighted by molar-refractivity contribution is 14.1. The summed E-state index contributed by atoms with van der Waals surface area (Å²) in [4.78, 5) is 16.2. The summed E-state index contributed by atoms with van der Waals surface area (Å²) in [6.07, 6.45) is 0. The standard InChI is InChI=1S/C17H19IN2O/c1-19(2)16-9-7-13(8-10-16)12-20(3)17(21)14-5-4-6-15(18)11-14/h4-11H,12H2,1-3H3. The van der Waals surface area contributed by atoms with Gasteiger partial charge in [-0.1, -0.05) is 18.2 Å². The highest BCUT2D eigenvalue weighted by Gasteiger charge is 2.12. The van der Waals surface area contributed by atoms with Gasteiger partial charge in [-0.05, 0) is 58.5 Å². The van der Waals surface area contributed by atoms with Gasteiger partial charge in [-0.3, -0.25) is 4.79 Å². The van der Waals surface area contributed by atoms with Crippen molar-refractivity contribution >= 4 is 34.2 Å². The number of halogens is 1. The summed E-state index contributed by atoms with van der Waals surface area (Å²) in [5, 5.41) is 0. The zero-order valence-electron chi connectivity index (χ0n) is 12.5. The lowest BCUT2D eigenvalue weighted by molar-refractivity contribution is 0.0785. The third-order valence-corrected chi connectivity index (χ3v) is 3.96. The summed E-state index contributed by atoms with van der Waals surface area (Å²) in [7, 11) is 5.87. The van der Waals surface area contributed by atoms with Crippen molar-refractivity contribution in [3.05, 3.63) is 63.2 Å². The van der Waals surface area contributed by atoms with Crippen LogP contribution in [0, 0.1) is 3.57 Å². The third-order valence-electron chi connectivity index (χ3n) is 3.29. The van der Waals surface area contributed by atoms with E-state index in [1.54, 1.807) is 4.90 Å². The van der Waals surface area contributed by atoms with E-state index >= 15 is 0 Å². The second kappa shape index (κ2) is 6.93. The maximum atomic E-state index is 12.4. The lowest BCUT2D eigenvalue weighted by atomic mass is 10.1. The molecule has 0 aliphatic heterocycles. The first-order valence-electron chi connectivity index (χ1n) is 6.74. The highest BCUT2D eigenvalue weighted by atomic mass is 127. The Morgan fingerprint density at radius 2 is 1.71 bits per heavy atom. The molecule has 2 aromatic carbocycles. The Hall–Kier alpha value is -1.56. The van der Waals surface area contributed by atoms with Crippen LogP contribution in [-0.2, 0) is 6.54 Å². The number of nitrogens with zero attached hydrogens (tertiary/aromatic N) is 2. The normalized spacial score (nSPS) is 10.3. The topological polar surface area (TPSA) is 23.6 Å². The maximum Gasteiger partial charge on any atom is 0.253 e. The van der Waals surface area contributed by atoms with E-state index in [-0.39, 0.29) is 5.91 Å². The summed E-state index contributed by atoms with van der Waals surface area (Å²) in [5.74, 6) is 0.0465. The lowest BCUT2D eigenvalue weighted by Gasteiger charge is -2.18. The van der Waals surface area contributed by atoms with E-state index in [1.165, 1.54) is 0 Å². The number of rotatable bonds is 4. The van der Waals surface area contributed by atoms with E-state index in [9.17, 15) is 4.79 Å². The number of amides is 1. The van der Waals surface area contributed by atoms with E-state index in [4.69, 9.17) is 0 Å². The molecule has 0 saturated carbocycles. The minimum absolute atomic E-state index is 0.0465. The van der Waals surface area contributed by atoms with Gasteiger partial charge >= 0.3 is 0 Å². The molecule has 0 unspecified atom stereocenters. The Balaban J connectivity index is 2.07. The van der Waals surface area contributed by atoms with E-state index in [2.05, 4.69) is 51.8 Å². The summed E-state index contributed by atoms with van der Waals surface area (Å²) in [6, 6.07) is 15.9. The van der Waals surface area contributed by atoms with Crippen LogP contribution in [0.15, 0.2) is 48.5 Å². The van der Waals surface area contributed by atoms with Gasteiger partial charge in [0.1, 0.15) is 0 Å². The van der Waals surface area contributed by atoms with Crippen LogP contribution in [0.5, 0.6) is 0 Å². The van der Waals surface area contributed by atoms with Crippen LogP contribution in [0.2, 0.25) is 0 Å². The molecule has 0 spiro atoms. The minimum Gasteiger partial charge on any atom is -0.378 e. The van der Waals surface area contributed by atoms with Crippen molar-refractivity contribution in [2.45, 2.75) is 6.54 Å². The molecule has 0 bridgehead atoms. The molecule has 0 radical (unpaired) electrons. The van der Waals surface area contributed by atoms with Crippen LogP contribution < -0.4 is 4.90 Å². The highest BCUT2D eigenvalue weighted by Crippen LogP contribution is 2.15. The van der Waals surface area contributed by atoms with Crippen LogP contribution >= 0.6 is 22.6 Å². The van der Waals surface area contributed by atoms with Gasteiger partial charge in [0.2, 0.25) is 0 Å². The summed E-state index contributed by atoms with van der Waals surface area (Å²) in [5.41, 5.74) is 3.02. The zero-order chi connectivity index (χ0) is 15.4. The Labute approximate surface area is 139 Å². The summed E-state index contributed by atoms with van der Waals surface area (Å²) < 4.78 is 1.07. The maximum absolute atomic E-state index is 12.4. The molecule has 4 heteroatoms. The molecule has 110 valence electrons. The number of hydrogen-bond donors (Lipinski definition) is 0. The largest absolute Gasteiger partial charge is 0.378 e. The van der Waals surface area contributed by atoms with Crippen molar-refractivity contribution in [3.8, 4) is 0 Å². The SMILES string of the molecule is CN(Cc1ccc(N(C)C)cc1)C(=O)c1cccc(I)c1. The molecule has 0 aliphatic carbocycles. The molecule has 1 amide bonds. The molecule has 0 N–H and O–H groups in total. The Morgan fingerprint density at radius 1 is 1.05 bits per heavy atom. The van der Waals surface area contributed by atoms with Crippen LogP contribution in [-0.4, -0.2) is 32.0 Å². The quantitative estimate of drug-likeness (QED) is 0.740. The Morgan fingerprint density at radius 3 is 2.29 bits per heavy atom. The Kier molecular flexibility index (Phi) is 5.22. The molecule has 0 aromatic heterocycles. The van der Waals surface area contributed by atoms with Crippen molar-refractivity contribution in [2.24, 2.45) is 0 Å². The minimum atomic E-state index is 0.0465. The second-order valence-corrected chi connectivity index (χ2v) is 6.48. The van der Waals surface area contributed by atoms with E-state index in [0.29, 0.717) is 6.54 Å². The number of carbonyl (C=O) groups is 1. The predicted octanol–water partition coefficient (Wildman–Crippen LogP) is 3.63. The van der Waals surface area contributed by atoms with Gasteiger partial charge in [0.25, 0.3) is 5.91 Å². The van der Waals surface area contributed by atoms with Gasteiger partial charge in [0, 0.05) is 42.5 Å². The van der Waals surface area contributed by atoms with Crippen molar-refractivity contribution in [1.29, 1.82) is 0 Å². The van der Waals surface area contributed by atoms with Crippen LogP contribution in [0.4, 0.5) is 5.69 Å². The van der Waals surface area contributed by atoms with Crippen LogP contribution in [0.25, 0.3) is 0 Å². The molecule has 0 atom stereocenters. The molecule has 21 heavy (non-hydrogen) atoms. The Bertz CT molecular complexity index is 623. The lowest BCUT2D eigenvalue weighted by Crippen LogP contribution is -2.26. The number of anilines is 1. The van der Waals surface area contributed by atoms with E-state index in [0.717, 1.165) is 20.4 Å². The zero-order valence-corrected chi connectivity index (χ0v) is 14.7. The third kappa shape index (κ3) is 4.20. The van der Waals surface area contributed by atoms with Crippen molar-refractivity contribution in [3.63, 3.8) is 0 Å². The van der Waals surface area contributed by atoms with Gasteiger partial charge in [-0.25, -0.2) is 0 Å². The number of benzene rings is 2. The fourth-order valence-corrected chi connectivity index (χ4v) is 2.63. The smallest absolute Gasteiger partial charge is 0.253 e. The summed E-state index contributed by atoms with van der Waals surface area (Å²) in [6.45, 7) is 0.609. The molecule has 0 aliphatic rings. The molecule has 0 fully saturated rings. The molecule has 0 saturated heterocycles. The fourth-order valence-electron chi connectivity index (χ4n) is 2.09. The van der Waals surface area contributed by atoms with E-state index in [1.807, 2.05) is 45.4 Å². The first-order valence-corrected chi connectivity index (χ1v) is 7.82. The first-order chi connectivity index (χ1) is 9.97. The fraction of sp³-hybridized carbons (Fsp3) is 0.235. The van der Waals surface area contributed by atoms with Crippen molar-refractivity contribution < 1.29 is 4.79 Å². The number of hydrogen-bond acceptors (Lipinski definition) is 2. The molecule has 3 nitrogen and oxygen atoms in total. The average molecular weight is 394 g/mol. The second-order valence-electron chi connectivity index (χ2n) is 5.23. The van der Waals surface area contributed by atoms with Crippen molar-refractivity contribution in [2.75, 3.05) is 26.0 Å². The molecular weight excluding hydrogens is 375 g/mol. The van der Waals surface area contributed by atoms with E-state index < -0.39 is 0 Å². The predicted molar refractivity (Wildman–Crippen MR) is 95.7 cm³/mol. The molecular formula is C17H19IN2O. The van der Waals surface area contributed by atoms with Gasteiger partial charge in [0.05, 0.1) is 0 Å². The average Bonchev–Trinajstić information content (AvgIpc) is 2.47. The van der Waals surface area contributed by atoms with Crippen LogP contribution in [0.3, 0.4) is 0 Å². The molecule has 0 heterocycles. The summed E-state index contributed by atoms with van der Waals surface area (Å²) >= 11 is 2.22. The first kappa shape index (κ1) is 15.8. The monoisotopic (exact) mass is 394 g/mol. The number of carbonyl (C=O) groups excluding carboxylic acids is 1. The molecule has 2 aromatic rings. The van der Waals surface area contributed by atoms with Gasteiger partial charge in [0.15, 0.2) is 0 Å².